The van der Waals surface area contributed by atoms with Crippen molar-refractivity contribution in [1.82, 2.24) is 14.7 Å². The van der Waals surface area contributed by atoms with Crippen molar-refractivity contribution in [3.05, 3.63) is 59.9 Å². The molecule has 306 valence electrons. The number of hydrogen-bond donors (Lipinski definition) is 1. The molecule has 0 unspecified atom stereocenters. The summed E-state index contributed by atoms with van der Waals surface area (Å²) >= 11 is 0. The molecule has 3 atom stereocenters. The zero-order chi connectivity index (χ0) is 39.3. The smallest absolute Gasteiger partial charge is 0.305 e. The summed E-state index contributed by atoms with van der Waals surface area (Å²) in [6.07, 6.45) is 7.89. The molecule has 56 heavy (non-hydrogen) atoms. The molecule has 8 rings (SSSR count). The lowest BCUT2D eigenvalue weighted by atomic mass is 9.56. The Kier molecular flexibility index (Phi) is 11.0. The fourth-order valence-corrected chi connectivity index (χ4v) is 12.7. The average Bonchev–Trinajstić information content (AvgIpc) is 3.76. The molecule has 2 aromatic rings. The summed E-state index contributed by atoms with van der Waals surface area (Å²) in [4.78, 5) is 33.6. The molecule has 6 fully saturated rings. The van der Waals surface area contributed by atoms with Crippen molar-refractivity contribution in [3.63, 3.8) is 0 Å². The van der Waals surface area contributed by atoms with Gasteiger partial charge in [0.05, 0.1) is 30.3 Å². The van der Waals surface area contributed by atoms with E-state index in [-0.39, 0.29) is 58.8 Å². The third kappa shape index (κ3) is 7.74. The van der Waals surface area contributed by atoms with E-state index in [1.807, 2.05) is 11.0 Å². The molecule has 0 bridgehead atoms. The van der Waals surface area contributed by atoms with Gasteiger partial charge in [-0.3, -0.25) is 14.5 Å². The number of carbonyl (C=O) groups is 2. The van der Waals surface area contributed by atoms with E-state index < -0.39 is 26.4 Å². The van der Waals surface area contributed by atoms with Crippen molar-refractivity contribution in [1.29, 1.82) is 0 Å². The van der Waals surface area contributed by atoms with Crippen molar-refractivity contribution >= 4 is 27.4 Å². The van der Waals surface area contributed by atoms with Crippen LogP contribution in [0.15, 0.2) is 53.4 Å². The first kappa shape index (κ1) is 39.7. The molecule has 1 amide bonds. The molecule has 0 spiro atoms. The highest BCUT2D eigenvalue weighted by atomic mass is 32.2. The molecule has 10 nitrogen and oxygen atoms in total. The number of amides is 1. The minimum Gasteiger partial charge on any atom is -0.469 e. The number of hydrogen-bond acceptors (Lipinski definition) is 9. The summed E-state index contributed by atoms with van der Waals surface area (Å²) in [6.45, 7) is 5.83. The number of methoxy groups -OCH3 is 1. The molecule has 0 radical (unpaired) electrons. The van der Waals surface area contributed by atoms with Gasteiger partial charge in [-0.25, -0.2) is 17.2 Å². The number of nitrogens with zero attached hydrogens (tertiary/aromatic N) is 4. The first-order chi connectivity index (χ1) is 26.8. The monoisotopic (exact) mass is 796 g/mol. The number of alkyl halides is 1. The van der Waals surface area contributed by atoms with E-state index in [0.29, 0.717) is 51.7 Å². The molecule has 1 N–H and O–H groups in total. The third-order valence-corrected chi connectivity index (χ3v) is 16.6. The molecule has 4 heterocycles. The number of ether oxygens (including phenoxy) is 1. The van der Waals surface area contributed by atoms with Gasteiger partial charge in [0.2, 0.25) is 0 Å². The van der Waals surface area contributed by atoms with E-state index >= 15 is 8.78 Å². The van der Waals surface area contributed by atoms with Crippen LogP contribution in [0.2, 0.25) is 0 Å². The predicted octanol–water partition coefficient (Wildman–Crippen LogP) is 4.98. The zero-order valence-corrected chi connectivity index (χ0v) is 33.5. The number of carbonyl (C=O) groups excluding carboxylic acids is 2. The van der Waals surface area contributed by atoms with Crippen LogP contribution in [0.4, 0.5) is 14.5 Å². The Labute approximate surface area is 330 Å². The summed E-state index contributed by atoms with van der Waals surface area (Å²) in [6, 6.07) is 13.9. The van der Waals surface area contributed by atoms with Crippen molar-refractivity contribution in [2.45, 2.75) is 97.5 Å². The van der Waals surface area contributed by atoms with Gasteiger partial charge in [0, 0.05) is 43.7 Å². The van der Waals surface area contributed by atoms with Gasteiger partial charge >= 0.3 is 5.97 Å². The number of likely N-dealkylation sites (tertiary alicyclic amines) is 3. The Morgan fingerprint density at radius 1 is 0.893 bits per heavy atom. The lowest BCUT2D eigenvalue weighted by molar-refractivity contribution is -0.143. The first-order valence-corrected chi connectivity index (χ1v) is 22.4. The van der Waals surface area contributed by atoms with Gasteiger partial charge in [-0.2, -0.15) is 0 Å². The second-order valence-corrected chi connectivity index (χ2v) is 20.1. The highest BCUT2D eigenvalue weighted by molar-refractivity contribution is 7.92. The third-order valence-electron chi connectivity index (χ3n) is 14.4. The Morgan fingerprint density at radius 3 is 2.20 bits per heavy atom. The Hall–Kier alpha value is -3.13. The largest absolute Gasteiger partial charge is 0.469 e. The number of piperidine rings is 2. The first-order valence-electron chi connectivity index (χ1n) is 20.9. The molecule has 4 aliphatic heterocycles. The number of sulfone groups is 1. The molecular weight excluding hydrogens is 739 g/mol. The zero-order valence-electron chi connectivity index (χ0n) is 32.7. The van der Waals surface area contributed by atoms with Crippen molar-refractivity contribution in [3.8, 4) is 0 Å². The van der Waals surface area contributed by atoms with Crippen LogP contribution in [0, 0.1) is 23.6 Å². The number of anilines is 1. The standard InChI is InChI=1S/C43H58F2N4O6S/c1-55-39(50)25-31-5-2-8-38(31)43(30-46-19-4-20-46,33-6-3-7-34(44)26-33)32-13-21-47(22-14-32)27-41(45)28-49(29-41)35-9-11-36(12-10-35)56(53,54)37-15-23-48(24-16-37)40(51)42(52)17-18-42/h3,6-7,9-12,26,31-32,37-38,52H,2,4-5,8,13-25,27-30H2,1H3/t31-,38+,43+/m1/s1. The van der Waals surface area contributed by atoms with Gasteiger partial charge < -0.3 is 24.5 Å². The Balaban J connectivity index is 0.892. The van der Waals surface area contributed by atoms with Gasteiger partial charge in [0.15, 0.2) is 15.5 Å². The minimum atomic E-state index is -3.60. The molecule has 13 heteroatoms. The number of halogens is 2. The second-order valence-electron chi connectivity index (χ2n) is 17.9. The van der Waals surface area contributed by atoms with Gasteiger partial charge in [-0.15, -0.1) is 0 Å². The van der Waals surface area contributed by atoms with Crippen molar-refractivity contribution in [2.24, 2.45) is 17.8 Å². The molecule has 2 aromatic carbocycles. The van der Waals surface area contributed by atoms with E-state index in [4.69, 9.17) is 4.74 Å². The Morgan fingerprint density at radius 2 is 1.59 bits per heavy atom. The van der Waals surface area contributed by atoms with Gasteiger partial charge in [0.25, 0.3) is 5.91 Å². The summed E-state index contributed by atoms with van der Waals surface area (Å²) in [5.41, 5.74) is -1.12. The molecule has 4 saturated heterocycles. The quantitative estimate of drug-likeness (QED) is 0.281. The van der Waals surface area contributed by atoms with Crippen LogP contribution in [0.3, 0.4) is 0 Å². The van der Waals surface area contributed by atoms with Crippen LogP contribution >= 0.6 is 0 Å². The summed E-state index contributed by atoms with van der Waals surface area (Å²) in [7, 11) is -2.15. The highest BCUT2D eigenvalue weighted by Gasteiger charge is 2.54. The van der Waals surface area contributed by atoms with Gasteiger partial charge in [0.1, 0.15) is 11.4 Å². The number of benzene rings is 2. The fourth-order valence-electron chi connectivity index (χ4n) is 11.0. The number of rotatable bonds is 13. The van der Waals surface area contributed by atoms with Crippen molar-refractivity contribution < 1.29 is 36.6 Å². The van der Waals surface area contributed by atoms with Crippen molar-refractivity contribution in [2.75, 3.05) is 77.5 Å². The minimum absolute atomic E-state index is 0.173. The number of aliphatic hydroxyl groups is 1. The summed E-state index contributed by atoms with van der Waals surface area (Å²) < 4.78 is 63.4. The summed E-state index contributed by atoms with van der Waals surface area (Å²) in [5, 5.41) is 9.59. The molecule has 2 aliphatic carbocycles. The lowest BCUT2D eigenvalue weighted by Gasteiger charge is -2.54. The van der Waals surface area contributed by atoms with E-state index in [1.165, 1.54) is 13.2 Å². The van der Waals surface area contributed by atoms with Crippen LogP contribution < -0.4 is 4.90 Å². The molecule has 2 saturated carbocycles. The molecule has 0 aromatic heterocycles. The van der Waals surface area contributed by atoms with E-state index in [0.717, 1.165) is 82.5 Å². The van der Waals surface area contributed by atoms with Crippen LogP contribution in [0.1, 0.15) is 76.2 Å². The van der Waals surface area contributed by atoms with Gasteiger partial charge in [-0.05, 0) is 144 Å². The normalized spacial score (nSPS) is 26.9. The fraction of sp³-hybridized carbons (Fsp3) is 0.674. The molecule has 6 aliphatic rings. The van der Waals surface area contributed by atoms with E-state index in [2.05, 4.69) is 15.9 Å². The van der Waals surface area contributed by atoms with Crippen LogP contribution in [0.25, 0.3) is 0 Å². The van der Waals surface area contributed by atoms with Gasteiger partial charge in [-0.1, -0.05) is 18.6 Å². The maximum Gasteiger partial charge on any atom is 0.305 e. The van der Waals surface area contributed by atoms with E-state index in [1.54, 1.807) is 35.2 Å². The number of esters is 1. The molecular formula is C43H58F2N4O6S. The maximum atomic E-state index is 16.3. The predicted molar refractivity (Wildman–Crippen MR) is 209 cm³/mol. The van der Waals surface area contributed by atoms with Crippen LogP contribution in [-0.2, 0) is 29.6 Å². The SMILES string of the molecule is COC(=O)C[C@H]1CCC[C@@H]1[C@](CN1CCC1)(c1cccc(F)c1)C1CCN(CC2(F)CN(c3ccc(S(=O)(=O)C4CCN(C(=O)C5(O)CC5)CC4)cc3)C2)CC1. The summed E-state index contributed by atoms with van der Waals surface area (Å²) in [5.74, 6) is -0.0482. The topological polar surface area (TPSA) is 111 Å². The average molecular weight is 797 g/mol. The van der Waals surface area contributed by atoms with E-state index in [9.17, 15) is 23.1 Å². The second kappa shape index (κ2) is 15.6. The maximum absolute atomic E-state index is 16.3. The highest BCUT2D eigenvalue weighted by Crippen LogP contribution is 2.54. The van der Waals surface area contributed by atoms with Crippen LogP contribution in [-0.4, -0.2) is 129 Å². The lowest BCUT2D eigenvalue weighted by Crippen LogP contribution is -2.64. The Bertz CT molecular complexity index is 1850. The van der Waals surface area contributed by atoms with Crippen LogP contribution in [0.5, 0.6) is 0 Å².